The first kappa shape index (κ1) is 20.4. The second-order valence-electron chi connectivity index (χ2n) is 5.56. The molecule has 1 N–H and O–H groups in total. The molecular formula is C19H18F3NO4. The third-order valence-electron chi connectivity index (χ3n) is 3.40. The van der Waals surface area contributed by atoms with Crippen LogP contribution in [0.3, 0.4) is 0 Å². The van der Waals surface area contributed by atoms with E-state index in [2.05, 4.69) is 10.1 Å². The summed E-state index contributed by atoms with van der Waals surface area (Å²) in [4.78, 5) is 23.8. The molecule has 0 heterocycles. The van der Waals surface area contributed by atoms with Crippen molar-refractivity contribution >= 4 is 17.6 Å². The Morgan fingerprint density at radius 1 is 0.963 bits per heavy atom. The van der Waals surface area contributed by atoms with Crippen LogP contribution in [-0.2, 0) is 16.1 Å². The van der Waals surface area contributed by atoms with Gasteiger partial charge in [0.05, 0.1) is 18.8 Å². The van der Waals surface area contributed by atoms with Crippen molar-refractivity contribution in [3.05, 3.63) is 65.2 Å². The summed E-state index contributed by atoms with van der Waals surface area (Å²) in [5.74, 6) is -0.833. The monoisotopic (exact) mass is 381 g/mol. The molecule has 144 valence electrons. The van der Waals surface area contributed by atoms with Gasteiger partial charge in [-0.15, -0.1) is 0 Å². The van der Waals surface area contributed by atoms with Gasteiger partial charge < -0.3 is 14.8 Å². The fraction of sp³-hybridized carbons (Fsp3) is 0.263. The molecule has 27 heavy (non-hydrogen) atoms. The number of alkyl halides is 3. The highest BCUT2D eigenvalue weighted by atomic mass is 19.4. The minimum absolute atomic E-state index is 0.198. The molecule has 8 heteroatoms. The minimum Gasteiger partial charge on any atom is -0.462 e. The highest BCUT2D eigenvalue weighted by molar-refractivity contribution is 6.04. The summed E-state index contributed by atoms with van der Waals surface area (Å²) < 4.78 is 45.6. The fourth-order valence-electron chi connectivity index (χ4n) is 2.14. The lowest BCUT2D eigenvalue weighted by atomic mass is 10.1. The maximum absolute atomic E-state index is 12.2. The molecule has 0 aliphatic heterocycles. The zero-order valence-electron chi connectivity index (χ0n) is 14.5. The van der Waals surface area contributed by atoms with E-state index in [1.807, 2.05) is 0 Å². The predicted molar refractivity (Wildman–Crippen MR) is 92.5 cm³/mol. The summed E-state index contributed by atoms with van der Waals surface area (Å²) in [5.41, 5.74) is 1.72. The van der Waals surface area contributed by atoms with Crippen molar-refractivity contribution in [1.82, 2.24) is 0 Å². The Bertz CT molecular complexity index is 771. The number of nitrogens with one attached hydrogen (secondary N) is 1. The van der Waals surface area contributed by atoms with Gasteiger partial charge in [0.1, 0.15) is 6.61 Å². The molecule has 5 nitrogen and oxygen atoms in total. The van der Waals surface area contributed by atoms with Crippen LogP contribution >= 0.6 is 0 Å². The second kappa shape index (κ2) is 9.18. The Labute approximate surface area is 154 Å². The van der Waals surface area contributed by atoms with Gasteiger partial charge in [0.15, 0.2) is 0 Å². The van der Waals surface area contributed by atoms with Gasteiger partial charge in [-0.2, -0.15) is 13.2 Å². The lowest BCUT2D eigenvalue weighted by Crippen LogP contribution is -2.16. The quantitative estimate of drug-likeness (QED) is 0.731. The van der Waals surface area contributed by atoms with Gasteiger partial charge in [-0.1, -0.05) is 12.1 Å². The standard InChI is InChI=1S/C19H18F3NO4/c1-2-27-18(25)15-7-9-16(10-8-15)23-17(24)14-5-3-13(4-6-14)11-26-12-19(20,21)22/h3-10H,2,11-12H2,1H3,(H,23,24). The van der Waals surface area contributed by atoms with E-state index in [1.54, 1.807) is 19.1 Å². The maximum atomic E-state index is 12.2. The van der Waals surface area contributed by atoms with Crippen LogP contribution in [0.4, 0.5) is 18.9 Å². The maximum Gasteiger partial charge on any atom is 0.411 e. The van der Waals surface area contributed by atoms with E-state index in [-0.39, 0.29) is 19.1 Å². The molecule has 2 aromatic rings. The first-order valence-electron chi connectivity index (χ1n) is 8.10. The molecule has 0 aliphatic rings. The largest absolute Gasteiger partial charge is 0.462 e. The fourth-order valence-corrected chi connectivity index (χ4v) is 2.14. The molecule has 0 unspecified atom stereocenters. The third-order valence-corrected chi connectivity index (χ3v) is 3.40. The van der Waals surface area contributed by atoms with Crippen molar-refractivity contribution < 1.29 is 32.2 Å². The lowest BCUT2D eigenvalue weighted by molar-refractivity contribution is -0.176. The first-order chi connectivity index (χ1) is 12.8. The molecule has 0 radical (unpaired) electrons. The van der Waals surface area contributed by atoms with E-state index >= 15 is 0 Å². The average Bonchev–Trinajstić information content (AvgIpc) is 2.62. The lowest BCUT2D eigenvalue weighted by Gasteiger charge is -2.09. The highest BCUT2D eigenvalue weighted by Crippen LogP contribution is 2.16. The van der Waals surface area contributed by atoms with Crippen LogP contribution in [0.25, 0.3) is 0 Å². The summed E-state index contributed by atoms with van der Waals surface area (Å²) in [5, 5.41) is 2.67. The molecule has 0 spiro atoms. The molecule has 0 fully saturated rings. The van der Waals surface area contributed by atoms with Crippen LogP contribution in [-0.4, -0.2) is 31.3 Å². The number of ether oxygens (including phenoxy) is 2. The van der Waals surface area contributed by atoms with Gasteiger partial charge in [-0.3, -0.25) is 4.79 Å². The van der Waals surface area contributed by atoms with Crippen LogP contribution < -0.4 is 5.32 Å². The van der Waals surface area contributed by atoms with Gasteiger partial charge >= 0.3 is 12.1 Å². The van der Waals surface area contributed by atoms with Gasteiger partial charge in [0.2, 0.25) is 0 Å². The van der Waals surface area contributed by atoms with Crippen LogP contribution in [0.1, 0.15) is 33.2 Å². The predicted octanol–water partition coefficient (Wildman–Crippen LogP) is 4.19. The third kappa shape index (κ3) is 6.74. The zero-order chi connectivity index (χ0) is 19.9. The number of hydrogen-bond acceptors (Lipinski definition) is 4. The van der Waals surface area contributed by atoms with E-state index in [1.165, 1.54) is 36.4 Å². The number of anilines is 1. The SMILES string of the molecule is CCOC(=O)c1ccc(NC(=O)c2ccc(COCC(F)(F)F)cc2)cc1. The number of halogens is 3. The Kier molecular flexibility index (Phi) is 6.95. The van der Waals surface area contributed by atoms with E-state index in [0.717, 1.165) is 0 Å². The van der Waals surface area contributed by atoms with Crippen molar-refractivity contribution in [2.75, 3.05) is 18.5 Å². The Morgan fingerprint density at radius 2 is 1.56 bits per heavy atom. The number of carbonyl (C=O) groups excluding carboxylic acids is 2. The number of amides is 1. The van der Waals surface area contributed by atoms with Crippen LogP contribution in [0, 0.1) is 0 Å². The van der Waals surface area contributed by atoms with E-state index in [0.29, 0.717) is 22.4 Å². The van der Waals surface area contributed by atoms with E-state index in [4.69, 9.17) is 4.74 Å². The van der Waals surface area contributed by atoms with E-state index in [9.17, 15) is 22.8 Å². The van der Waals surface area contributed by atoms with E-state index < -0.39 is 18.8 Å². The van der Waals surface area contributed by atoms with Gasteiger partial charge in [0, 0.05) is 11.3 Å². The van der Waals surface area contributed by atoms with Gasteiger partial charge in [0.25, 0.3) is 5.91 Å². The zero-order valence-corrected chi connectivity index (χ0v) is 14.5. The normalized spacial score (nSPS) is 11.1. The Morgan fingerprint density at radius 3 is 2.11 bits per heavy atom. The summed E-state index contributed by atoms with van der Waals surface area (Å²) in [7, 11) is 0. The number of rotatable bonds is 7. The van der Waals surface area contributed by atoms with Crippen molar-refractivity contribution in [2.45, 2.75) is 19.7 Å². The number of benzene rings is 2. The molecule has 2 rings (SSSR count). The number of esters is 1. The smallest absolute Gasteiger partial charge is 0.411 e. The van der Waals surface area contributed by atoms with Crippen molar-refractivity contribution in [2.24, 2.45) is 0 Å². The summed E-state index contributed by atoms with van der Waals surface area (Å²) in [6.45, 7) is 0.461. The summed E-state index contributed by atoms with van der Waals surface area (Å²) in [6, 6.07) is 12.3. The molecule has 1 amide bonds. The summed E-state index contributed by atoms with van der Waals surface area (Å²) in [6.07, 6.45) is -4.37. The second-order valence-corrected chi connectivity index (χ2v) is 5.56. The molecular weight excluding hydrogens is 363 g/mol. The topological polar surface area (TPSA) is 64.6 Å². The number of hydrogen-bond donors (Lipinski definition) is 1. The molecule has 0 saturated heterocycles. The molecule has 0 aliphatic carbocycles. The Hall–Kier alpha value is -2.87. The van der Waals surface area contributed by atoms with Crippen LogP contribution in [0.2, 0.25) is 0 Å². The summed E-state index contributed by atoms with van der Waals surface area (Å²) >= 11 is 0. The molecule has 0 aromatic heterocycles. The van der Waals surface area contributed by atoms with Crippen LogP contribution in [0.15, 0.2) is 48.5 Å². The Balaban J connectivity index is 1.91. The molecule has 0 bridgehead atoms. The minimum atomic E-state index is -4.37. The molecule has 0 saturated carbocycles. The van der Waals surface area contributed by atoms with Crippen molar-refractivity contribution in [1.29, 1.82) is 0 Å². The van der Waals surface area contributed by atoms with Crippen LogP contribution in [0.5, 0.6) is 0 Å². The van der Waals surface area contributed by atoms with Gasteiger partial charge in [-0.05, 0) is 48.9 Å². The van der Waals surface area contributed by atoms with Gasteiger partial charge in [-0.25, -0.2) is 4.79 Å². The van der Waals surface area contributed by atoms with Crippen molar-refractivity contribution in [3.8, 4) is 0 Å². The molecule has 0 atom stereocenters. The molecule has 2 aromatic carbocycles. The first-order valence-corrected chi connectivity index (χ1v) is 8.10. The highest BCUT2D eigenvalue weighted by Gasteiger charge is 2.27. The average molecular weight is 381 g/mol. The number of carbonyl (C=O) groups is 2. The van der Waals surface area contributed by atoms with Crippen molar-refractivity contribution in [3.63, 3.8) is 0 Å².